The van der Waals surface area contributed by atoms with Gasteiger partial charge in [-0.05, 0) is 30.7 Å². The first-order chi connectivity index (χ1) is 12.0. The van der Waals surface area contributed by atoms with Crippen LogP contribution in [0.5, 0.6) is 11.5 Å². The highest BCUT2D eigenvalue weighted by Gasteiger charge is 2.32. The van der Waals surface area contributed by atoms with Crippen molar-refractivity contribution < 1.29 is 14.6 Å². The van der Waals surface area contributed by atoms with Crippen LogP contribution in [0.15, 0.2) is 47.6 Å². The van der Waals surface area contributed by atoms with Gasteiger partial charge in [0.05, 0.1) is 18.9 Å². The zero-order chi connectivity index (χ0) is 18.0. The van der Waals surface area contributed by atoms with Crippen LogP contribution in [0.4, 0.5) is 0 Å². The molecule has 1 amide bonds. The maximum absolute atomic E-state index is 12.4. The minimum atomic E-state index is -0.109. The van der Waals surface area contributed by atoms with Crippen LogP contribution >= 0.6 is 0 Å². The smallest absolute Gasteiger partial charge is 0.242 e. The number of amides is 1. The summed E-state index contributed by atoms with van der Waals surface area (Å²) >= 11 is 0. The Morgan fingerprint density at radius 2 is 2.12 bits per heavy atom. The predicted octanol–water partition coefficient (Wildman–Crippen LogP) is 3.80. The second kappa shape index (κ2) is 6.97. The van der Waals surface area contributed by atoms with Gasteiger partial charge in [-0.3, -0.25) is 4.79 Å². The highest BCUT2D eigenvalue weighted by atomic mass is 16.5. The molecule has 0 spiro atoms. The highest BCUT2D eigenvalue weighted by Crippen LogP contribution is 2.35. The zero-order valence-electron chi connectivity index (χ0n) is 14.7. The molecule has 1 heterocycles. The molecule has 1 aliphatic heterocycles. The van der Waals surface area contributed by atoms with Crippen LogP contribution in [-0.4, -0.2) is 28.8 Å². The van der Waals surface area contributed by atoms with Gasteiger partial charge in [0.25, 0.3) is 0 Å². The van der Waals surface area contributed by atoms with E-state index in [-0.39, 0.29) is 17.7 Å². The Bertz CT molecular complexity index is 829. The first kappa shape index (κ1) is 17.0. The van der Waals surface area contributed by atoms with Gasteiger partial charge in [-0.2, -0.15) is 5.10 Å². The lowest BCUT2D eigenvalue weighted by atomic mass is 9.97. The summed E-state index contributed by atoms with van der Waals surface area (Å²) < 4.78 is 5.18. The van der Waals surface area contributed by atoms with Crippen LogP contribution in [0, 0.1) is 6.92 Å². The molecule has 0 radical (unpaired) electrons. The fourth-order valence-corrected chi connectivity index (χ4v) is 3.07. The number of nitrogens with zero attached hydrogens (tertiary/aromatic N) is 2. The second-order valence-corrected chi connectivity index (χ2v) is 6.16. The molecule has 0 unspecified atom stereocenters. The standard InChI is InChI=1S/C20H22N2O3/c1-4-20(24)22-17(15-7-5-6-13(2)10-15)12-16(21-22)14-8-9-18(23)19(11-14)25-3/h5-11,17,23H,4,12H2,1-3H3/t17-/m1/s1. The Balaban J connectivity index is 1.98. The van der Waals surface area contributed by atoms with Gasteiger partial charge in [-0.15, -0.1) is 0 Å². The monoisotopic (exact) mass is 338 g/mol. The molecular weight excluding hydrogens is 316 g/mol. The number of phenols is 1. The van der Waals surface area contributed by atoms with Crippen LogP contribution in [0.1, 0.15) is 42.5 Å². The molecule has 1 atom stereocenters. The van der Waals surface area contributed by atoms with E-state index < -0.39 is 0 Å². The van der Waals surface area contributed by atoms with Gasteiger partial charge in [-0.1, -0.05) is 36.8 Å². The number of phenolic OH excluding ortho intramolecular Hbond substituents is 1. The van der Waals surface area contributed by atoms with Gasteiger partial charge in [0.2, 0.25) is 5.91 Å². The Morgan fingerprint density at radius 1 is 1.32 bits per heavy atom. The molecule has 3 rings (SSSR count). The lowest BCUT2D eigenvalue weighted by molar-refractivity contribution is -0.132. The number of aryl methyl sites for hydroxylation is 1. The van der Waals surface area contributed by atoms with E-state index in [0.29, 0.717) is 18.6 Å². The summed E-state index contributed by atoms with van der Waals surface area (Å²) in [5, 5.41) is 16.0. The van der Waals surface area contributed by atoms with Gasteiger partial charge >= 0.3 is 0 Å². The van der Waals surface area contributed by atoms with Crippen molar-refractivity contribution >= 4 is 11.6 Å². The molecule has 1 N–H and O–H groups in total. The molecule has 0 saturated carbocycles. The minimum Gasteiger partial charge on any atom is -0.504 e. The number of hydrogen-bond donors (Lipinski definition) is 1. The normalized spacial score (nSPS) is 16.7. The van der Waals surface area contributed by atoms with E-state index in [4.69, 9.17) is 4.74 Å². The first-order valence-electron chi connectivity index (χ1n) is 8.37. The van der Waals surface area contributed by atoms with Crippen molar-refractivity contribution in [3.05, 3.63) is 59.2 Å². The van der Waals surface area contributed by atoms with Crippen LogP contribution in [0.3, 0.4) is 0 Å². The Hall–Kier alpha value is -2.82. The molecular formula is C20H22N2O3. The molecule has 25 heavy (non-hydrogen) atoms. The molecule has 5 heteroatoms. The molecule has 0 aliphatic carbocycles. The van der Waals surface area contributed by atoms with Crippen LogP contribution < -0.4 is 4.74 Å². The van der Waals surface area contributed by atoms with E-state index >= 15 is 0 Å². The molecule has 0 saturated heterocycles. The second-order valence-electron chi connectivity index (χ2n) is 6.16. The van der Waals surface area contributed by atoms with Crippen LogP contribution in [-0.2, 0) is 4.79 Å². The lowest BCUT2D eigenvalue weighted by Gasteiger charge is -2.21. The Labute approximate surface area is 147 Å². The molecule has 1 aliphatic rings. The number of ether oxygens (including phenoxy) is 1. The van der Waals surface area contributed by atoms with Crippen molar-refractivity contribution in [3.63, 3.8) is 0 Å². The third-order valence-corrected chi connectivity index (χ3v) is 4.41. The molecule has 2 aromatic carbocycles. The number of benzene rings is 2. The van der Waals surface area contributed by atoms with E-state index in [1.165, 1.54) is 7.11 Å². The third-order valence-electron chi connectivity index (χ3n) is 4.41. The first-order valence-corrected chi connectivity index (χ1v) is 8.37. The quantitative estimate of drug-likeness (QED) is 0.922. The molecule has 0 bridgehead atoms. The molecule has 5 nitrogen and oxygen atoms in total. The van der Waals surface area contributed by atoms with Crippen molar-refractivity contribution in [2.75, 3.05) is 7.11 Å². The maximum atomic E-state index is 12.4. The SMILES string of the molecule is CCC(=O)N1N=C(c2ccc(O)c(OC)c2)C[C@@H]1c1cccc(C)c1. The average Bonchev–Trinajstić information content (AvgIpc) is 3.07. The summed E-state index contributed by atoms with van der Waals surface area (Å²) in [6.07, 6.45) is 1.03. The third kappa shape index (κ3) is 3.36. The van der Waals surface area contributed by atoms with E-state index in [9.17, 15) is 9.90 Å². The summed E-state index contributed by atoms with van der Waals surface area (Å²) in [4.78, 5) is 12.4. The van der Waals surface area contributed by atoms with E-state index in [0.717, 1.165) is 22.4 Å². The maximum Gasteiger partial charge on any atom is 0.242 e. The fraction of sp³-hybridized carbons (Fsp3) is 0.300. The van der Waals surface area contributed by atoms with Gasteiger partial charge in [0, 0.05) is 18.4 Å². The largest absolute Gasteiger partial charge is 0.504 e. The van der Waals surface area contributed by atoms with Gasteiger partial charge in [0.15, 0.2) is 11.5 Å². The van der Waals surface area contributed by atoms with Crippen molar-refractivity contribution in [2.24, 2.45) is 5.10 Å². The number of aromatic hydroxyl groups is 1. The van der Waals surface area contributed by atoms with E-state index in [1.807, 2.05) is 32.0 Å². The molecule has 0 aromatic heterocycles. The summed E-state index contributed by atoms with van der Waals surface area (Å²) in [7, 11) is 1.51. The number of rotatable bonds is 4. The number of carbonyl (C=O) groups is 1. The Morgan fingerprint density at radius 3 is 2.80 bits per heavy atom. The topological polar surface area (TPSA) is 62.1 Å². The van der Waals surface area contributed by atoms with Crippen molar-refractivity contribution in [2.45, 2.75) is 32.7 Å². The Kier molecular flexibility index (Phi) is 4.74. The van der Waals surface area contributed by atoms with Gasteiger partial charge in [0.1, 0.15) is 0 Å². The average molecular weight is 338 g/mol. The predicted molar refractivity (Wildman–Crippen MR) is 96.9 cm³/mol. The number of hydrogen-bond acceptors (Lipinski definition) is 4. The summed E-state index contributed by atoms with van der Waals surface area (Å²) in [5.41, 5.74) is 3.89. The van der Waals surface area contributed by atoms with Crippen LogP contribution in [0.25, 0.3) is 0 Å². The lowest BCUT2D eigenvalue weighted by Crippen LogP contribution is -2.26. The van der Waals surface area contributed by atoms with Crippen molar-refractivity contribution in [1.82, 2.24) is 5.01 Å². The summed E-state index contributed by atoms with van der Waals surface area (Å²) in [5.74, 6) is 0.474. The number of carbonyl (C=O) groups excluding carboxylic acids is 1. The highest BCUT2D eigenvalue weighted by molar-refractivity contribution is 6.03. The molecule has 2 aromatic rings. The minimum absolute atomic E-state index is 0.00718. The zero-order valence-corrected chi connectivity index (χ0v) is 14.7. The summed E-state index contributed by atoms with van der Waals surface area (Å²) in [6.45, 7) is 3.88. The van der Waals surface area contributed by atoms with Crippen LogP contribution in [0.2, 0.25) is 0 Å². The van der Waals surface area contributed by atoms with E-state index in [1.54, 1.807) is 23.2 Å². The van der Waals surface area contributed by atoms with Gasteiger partial charge in [-0.25, -0.2) is 5.01 Å². The fourth-order valence-electron chi connectivity index (χ4n) is 3.07. The number of hydrazone groups is 1. The van der Waals surface area contributed by atoms with Crippen molar-refractivity contribution in [3.8, 4) is 11.5 Å². The molecule has 0 fully saturated rings. The van der Waals surface area contributed by atoms with Crippen molar-refractivity contribution in [1.29, 1.82) is 0 Å². The number of methoxy groups -OCH3 is 1. The van der Waals surface area contributed by atoms with Gasteiger partial charge < -0.3 is 9.84 Å². The van der Waals surface area contributed by atoms with E-state index in [2.05, 4.69) is 11.2 Å². The molecule has 130 valence electrons. The summed E-state index contributed by atoms with van der Waals surface area (Å²) in [6, 6.07) is 13.2.